The average Bonchev–Trinajstić information content (AvgIpc) is 3.00. The highest BCUT2D eigenvalue weighted by Crippen LogP contribution is 2.55. The molecule has 0 aromatic heterocycles. The van der Waals surface area contributed by atoms with E-state index in [-0.39, 0.29) is 5.78 Å². The molecular weight excluding hydrogens is 358 g/mol. The minimum absolute atomic E-state index is 0.0718. The van der Waals surface area contributed by atoms with Crippen molar-refractivity contribution in [3.05, 3.63) is 70.8 Å². The molecule has 1 fully saturated rings. The first kappa shape index (κ1) is 17.3. The molecule has 0 bridgehead atoms. The normalized spacial score (nSPS) is 24.4. The van der Waals surface area contributed by atoms with Gasteiger partial charge in [-0.15, -0.1) is 0 Å². The molecule has 0 aliphatic carbocycles. The molecule has 3 atom stereocenters. The Morgan fingerprint density at radius 3 is 2.41 bits per heavy atom. The van der Waals surface area contributed by atoms with Crippen LogP contribution in [-0.4, -0.2) is 17.9 Å². The summed E-state index contributed by atoms with van der Waals surface area (Å²) < 4.78 is 0. The van der Waals surface area contributed by atoms with E-state index in [1.807, 2.05) is 41.3 Å². The Balaban J connectivity index is 1.99. The second-order valence-electron chi connectivity index (χ2n) is 6.95. The van der Waals surface area contributed by atoms with Gasteiger partial charge in [0.2, 0.25) is 0 Å². The largest absolute Gasteiger partial charge is 0.351 e. The van der Waals surface area contributed by atoms with Gasteiger partial charge in [-0.05, 0) is 36.2 Å². The lowest BCUT2D eigenvalue weighted by Gasteiger charge is -2.35. The van der Waals surface area contributed by atoms with Gasteiger partial charge in [-0.3, -0.25) is 4.79 Å². The zero-order valence-electron chi connectivity index (χ0n) is 14.6. The van der Waals surface area contributed by atoms with Crippen LogP contribution >= 0.6 is 11.6 Å². The number of benzene rings is 2. The summed E-state index contributed by atoms with van der Waals surface area (Å²) in [4.78, 5) is 14.7. The van der Waals surface area contributed by atoms with Crippen molar-refractivity contribution in [2.45, 2.75) is 24.9 Å². The lowest BCUT2D eigenvalue weighted by molar-refractivity contribution is -0.118. The van der Waals surface area contributed by atoms with Crippen LogP contribution in [0.15, 0.2) is 54.6 Å². The van der Waals surface area contributed by atoms with E-state index in [1.165, 1.54) is 6.92 Å². The van der Waals surface area contributed by atoms with E-state index >= 15 is 0 Å². The third-order valence-electron chi connectivity index (χ3n) is 5.56. The first-order valence-electron chi connectivity index (χ1n) is 8.67. The number of nitriles is 2. The highest BCUT2D eigenvalue weighted by Gasteiger charge is 2.62. The molecular formula is C22H16ClN3O. The molecule has 2 aromatic rings. The molecule has 0 amide bonds. The minimum Gasteiger partial charge on any atom is -0.351 e. The molecule has 4 rings (SSSR count). The van der Waals surface area contributed by atoms with Gasteiger partial charge in [0, 0.05) is 16.6 Å². The highest BCUT2D eigenvalue weighted by molar-refractivity contribution is 6.30. The zero-order chi connectivity index (χ0) is 19.2. The molecule has 4 nitrogen and oxygen atoms in total. The van der Waals surface area contributed by atoms with E-state index in [2.05, 4.69) is 12.1 Å². The first-order chi connectivity index (χ1) is 13.0. The van der Waals surface area contributed by atoms with Crippen LogP contribution in [0, 0.1) is 28.1 Å². The van der Waals surface area contributed by atoms with Crippen molar-refractivity contribution in [1.29, 1.82) is 10.5 Å². The number of hydrogen-bond acceptors (Lipinski definition) is 4. The summed E-state index contributed by atoms with van der Waals surface area (Å²) in [5.41, 5.74) is 1.23. The summed E-state index contributed by atoms with van der Waals surface area (Å²) in [6, 6.07) is 18.2. The maximum Gasteiger partial charge on any atom is 0.176 e. The maximum atomic E-state index is 12.8. The van der Waals surface area contributed by atoms with Crippen LogP contribution < -0.4 is 4.90 Å². The Bertz CT molecular complexity index is 1010. The molecule has 0 saturated carbocycles. The summed E-state index contributed by atoms with van der Waals surface area (Å²) in [7, 11) is 0. The molecule has 132 valence electrons. The Kier molecular flexibility index (Phi) is 4.02. The van der Waals surface area contributed by atoms with Crippen molar-refractivity contribution in [3.8, 4) is 12.1 Å². The van der Waals surface area contributed by atoms with Crippen LogP contribution in [0.3, 0.4) is 0 Å². The second kappa shape index (κ2) is 6.27. The minimum atomic E-state index is -1.38. The van der Waals surface area contributed by atoms with Crippen molar-refractivity contribution in [2.75, 3.05) is 4.90 Å². The number of carbonyl (C=O) groups is 1. The zero-order valence-corrected chi connectivity index (χ0v) is 15.4. The Hall–Kier alpha value is -3.08. The average molecular weight is 374 g/mol. The predicted octanol–water partition coefficient (Wildman–Crippen LogP) is 4.33. The molecule has 2 aliphatic heterocycles. The van der Waals surface area contributed by atoms with Crippen LogP contribution in [0.4, 0.5) is 5.69 Å². The second-order valence-corrected chi connectivity index (χ2v) is 7.38. The number of Topliss-reactive ketones (excluding diaryl/α,β-unsaturated/α-hetero) is 1. The van der Waals surface area contributed by atoms with Crippen molar-refractivity contribution in [2.24, 2.45) is 5.41 Å². The first-order valence-corrected chi connectivity index (χ1v) is 9.05. The summed E-state index contributed by atoms with van der Waals surface area (Å²) in [6.45, 7) is 1.52. The molecule has 2 aliphatic rings. The monoisotopic (exact) mass is 373 g/mol. The predicted molar refractivity (Wildman–Crippen MR) is 104 cm³/mol. The fourth-order valence-electron chi connectivity index (χ4n) is 4.43. The van der Waals surface area contributed by atoms with Crippen LogP contribution in [0.5, 0.6) is 0 Å². The molecule has 2 heterocycles. The number of hydrogen-bond donors (Lipinski definition) is 0. The van der Waals surface area contributed by atoms with E-state index in [9.17, 15) is 15.3 Å². The van der Waals surface area contributed by atoms with E-state index in [0.717, 1.165) is 16.8 Å². The van der Waals surface area contributed by atoms with Gasteiger partial charge in [0.1, 0.15) is 0 Å². The van der Waals surface area contributed by atoms with E-state index in [4.69, 9.17) is 11.6 Å². The standard InChI is InChI=1S/C22H16ClN3O/c1-14(27)21-20(16-6-9-17(23)10-7-16)22(12-24,13-25)19-11-8-15-4-2-3-5-18(15)26(19)21/h2-11,19-21H,1H3/t19-,20+,21+/m1/s1. The number of nitrogens with zero attached hydrogens (tertiary/aromatic N) is 3. The third kappa shape index (κ3) is 2.38. The molecule has 0 unspecified atom stereocenters. The van der Waals surface area contributed by atoms with Gasteiger partial charge >= 0.3 is 0 Å². The van der Waals surface area contributed by atoms with Gasteiger partial charge in [0.25, 0.3) is 0 Å². The smallest absolute Gasteiger partial charge is 0.176 e. The highest BCUT2D eigenvalue weighted by atomic mass is 35.5. The van der Waals surface area contributed by atoms with Gasteiger partial charge in [-0.2, -0.15) is 10.5 Å². The Labute approximate surface area is 162 Å². The fraction of sp³-hybridized carbons (Fsp3) is 0.227. The lowest BCUT2D eigenvalue weighted by atomic mass is 9.69. The number of anilines is 1. The van der Waals surface area contributed by atoms with Gasteiger partial charge in [-0.25, -0.2) is 0 Å². The summed E-state index contributed by atoms with van der Waals surface area (Å²) in [5.74, 6) is -0.652. The summed E-state index contributed by atoms with van der Waals surface area (Å²) >= 11 is 6.03. The van der Waals surface area contributed by atoms with Crippen molar-refractivity contribution in [1.82, 2.24) is 0 Å². The van der Waals surface area contributed by atoms with Crippen LogP contribution in [-0.2, 0) is 4.79 Å². The fourth-order valence-corrected chi connectivity index (χ4v) is 4.56. The van der Waals surface area contributed by atoms with Crippen molar-refractivity contribution < 1.29 is 4.79 Å². The number of ketones is 1. The number of halogens is 1. The number of fused-ring (bicyclic) bond motifs is 3. The van der Waals surface area contributed by atoms with Crippen LogP contribution in [0.25, 0.3) is 6.08 Å². The molecule has 27 heavy (non-hydrogen) atoms. The summed E-state index contributed by atoms with van der Waals surface area (Å²) in [6.07, 6.45) is 3.81. The molecule has 5 heteroatoms. The van der Waals surface area contributed by atoms with Crippen molar-refractivity contribution in [3.63, 3.8) is 0 Å². The quantitative estimate of drug-likeness (QED) is 0.785. The van der Waals surface area contributed by atoms with E-state index in [1.54, 1.807) is 24.3 Å². The van der Waals surface area contributed by atoms with Gasteiger partial charge < -0.3 is 4.90 Å². The number of carbonyl (C=O) groups excluding carboxylic acids is 1. The van der Waals surface area contributed by atoms with Crippen LogP contribution in [0.2, 0.25) is 5.02 Å². The van der Waals surface area contributed by atoms with Gasteiger partial charge in [0.05, 0.1) is 24.2 Å². The van der Waals surface area contributed by atoms with E-state index < -0.39 is 23.4 Å². The molecule has 2 aromatic carbocycles. The third-order valence-corrected chi connectivity index (χ3v) is 5.81. The van der Waals surface area contributed by atoms with Crippen LogP contribution in [0.1, 0.15) is 24.0 Å². The molecule has 0 spiro atoms. The topological polar surface area (TPSA) is 67.9 Å². The Morgan fingerprint density at radius 1 is 1.11 bits per heavy atom. The number of para-hydroxylation sites is 1. The Morgan fingerprint density at radius 2 is 1.78 bits per heavy atom. The molecule has 0 radical (unpaired) electrons. The SMILES string of the molecule is CC(=O)[C@H]1[C@H](c2ccc(Cl)cc2)C(C#N)(C#N)[C@H]2C=Cc3ccccc3N12. The van der Waals surface area contributed by atoms with Gasteiger partial charge in [0.15, 0.2) is 11.2 Å². The van der Waals surface area contributed by atoms with Gasteiger partial charge in [-0.1, -0.05) is 54.1 Å². The molecule has 1 saturated heterocycles. The lowest BCUT2D eigenvalue weighted by Crippen LogP contribution is -2.43. The molecule has 0 N–H and O–H groups in total. The van der Waals surface area contributed by atoms with E-state index in [0.29, 0.717) is 5.02 Å². The number of rotatable bonds is 2. The van der Waals surface area contributed by atoms with Crippen molar-refractivity contribution >= 4 is 29.1 Å². The summed E-state index contributed by atoms with van der Waals surface area (Å²) in [5, 5.41) is 20.8. The maximum absolute atomic E-state index is 12.8.